The molecule has 1 aliphatic rings. The van der Waals surface area contributed by atoms with Crippen LogP contribution in [0.25, 0.3) is 0 Å². The molecule has 0 bridgehead atoms. The number of esters is 1. The SMILES string of the molecule is CCCOC(=O)c1ccc(CN2C(=O)C(Nc3cccc(Br)c3)=C(Sc3ccc(Cl)cc3)C2=O)cc1. The van der Waals surface area contributed by atoms with Crippen molar-refractivity contribution in [1.29, 1.82) is 0 Å². The summed E-state index contributed by atoms with van der Waals surface area (Å²) in [7, 11) is 0. The fraction of sp³-hybridized carbons (Fsp3) is 0.148. The van der Waals surface area contributed by atoms with Gasteiger partial charge in [-0.15, -0.1) is 0 Å². The van der Waals surface area contributed by atoms with Gasteiger partial charge in [0.1, 0.15) is 10.6 Å². The van der Waals surface area contributed by atoms with Gasteiger partial charge in [0, 0.05) is 20.1 Å². The van der Waals surface area contributed by atoms with Gasteiger partial charge in [-0.3, -0.25) is 14.5 Å². The summed E-state index contributed by atoms with van der Waals surface area (Å²) in [6, 6.07) is 21.1. The minimum absolute atomic E-state index is 0.0658. The minimum atomic E-state index is -0.428. The van der Waals surface area contributed by atoms with Crippen LogP contribution in [0.5, 0.6) is 0 Å². The lowest BCUT2D eigenvalue weighted by atomic mass is 10.1. The van der Waals surface area contributed by atoms with E-state index in [0.717, 1.165) is 15.8 Å². The van der Waals surface area contributed by atoms with Gasteiger partial charge in [0.2, 0.25) is 0 Å². The third-order valence-electron chi connectivity index (χ3n) is 5.22. The van der Waals surface area contributed by atoms with Gasteiger partial charge in [0.25, 0.3) is 11.8 Å². The Morgan fingerprint density at radius 2 is 1.75 bits per heavy atom. The van der Waals surface area contributed by atoms with Crippen LogP contribution >= 0.6 is 39.3 Å². The Hall–Kier alpha value is -3.07. The van der Waals surface area contributed by atoms with Gasteiger partial charge in [0.15, 0.2) is 0 Å². The summed E-state index contributed by atoms with van der Waals surface area (Å²) in [5, 5.41) is 3.71. The summed E-state index contributed by atoms with van der Waals surface area (Å²) in [4.78, 5) is 41.2. The number of hydrogen-bond donors (Lipinski definition) is 1. The van der Waals surface area contributed by atoms with Gasteiger partial charge >= 0.3 is 5.97 Å². The molecule has 9 heteroatoms. The van der Waals surface area contributed by atoms with Gasteiger partial charge < -0.3 is 10.1 Å². The highest BCUT2D eigenvalue weighted by molar-refractivity contribution is 9.10. The highest BCUT2D eigenvalue weighted by Gasteiger charge is 2.39. The number of carbonyl (C=O) groups excluding carboxylic acids is 3. The topological polar surface area (TPSA) is 75.7 Å². The number of halogens is 2. The van der Waals surface area contributed by atoms with E-state index in [1.54, 1.807) is 48.5 Å². The van der Waals surface area contributed by atoms with Crippen molar-refractivity contribution in [3.05, 3.63) is 104 Å². The zero-order valence-electron chi connectivity index (χ0n) is 19.3. The zero-order chi connectivity index (χ0) is 25.7. The predicted octanol–water partition coefficient (Wildman–Crippen LogP) is 6.65. The van der Waals surface area contributed by atoms with E-state index in [2.05, 4.69) is 21.2 Å². The molecule has 1 aliphatic heterocycles. The van der Waals surface area contributed by atoms with Crippen molar-refractivity contribution in [2.75, 3.05) is 11.9 Å². The fourth-order valence-electron chi connectivity index (χ4n) is 3.44. The molecule has 0 fully saturated rings. The quantitative estimate of drug-likeness (QED) is 0.224. The number of carbonyl (C=O) groups is 3. The second kappa shape index (κ2) is 11.8. The number of nitrogens with one attached hydrogen (secondary N) is 1. The first kappa shape index (κ1) is 26.0. The molecule has 36 heavy (non-hydrogen) atoms. The zero-order valence-corrected chi connectivity index (χ0v) is 22.5. The van der Waals surface area contributed by atoms with Crippen LogP contribution in [-0.2, 0) is 20.9 Å². The van der Waals surface area contributed by atoms with Crippen LogP contribution < -0.4 is 5.32 Å². The summed E-state index contributed by atoms with van der Waals surface area (Å²) in [6.07, 6.45) is 0.739. The van der Waals surface area contributed by atoms with Crippen molar-refractivity contribution in [1.82, 2.24) is 4.90 Å². The van der Waals surface area contributed by atoms with Crippen molar-refractivity contribution < 1.29 is 19.1 Å². The van der Waals surface area contributed by atoms with Crippen LogP contribution in [0, 0.1) is 0 Å². The van der Waals surface area contributed by atoms with Crippen LogP contribution in [0.2, 0.25) is 5.02 Å². The fourth-order valence-corrected chi connectivity index (χ4v) is 4.91. The van der Waals surface area contributed by atoms with Gasteiger partial charge in [-0.25, -0.2) is 4.79 Å². The molecule has 0 radical (unpaired) electrons. The first-order chi connectivity index (χ1) is 17.4. The van der Waals surface area contributed by atoms with Crippen LogP contribution in [-0.4, -0.2) is 29.3 Å². The summed E-state index contributed by atoms with van der Waals surface area (Å²) < 4.78 is 5.99. The van der Waals surface area contributed by atoms with Gasteiger partial charge in [0.05, 0.1) is 18.7 Å². The molecule has 0 aromatic heterocycles. The molecule has 0 spiro atoms. The smallest absolute Gasteiger partial charge is 0.338 e. The average molecular weight is 586 g/mol. The lowest BCUT2D eigenvalue weighted by molar-refractivity contribution is -0.137. The molecule has 0 saturated carbocycles. The summed E-state index contributed by atoms with van der Waals surface area (Å²) in [5.41, 5.74) is 2.01. The Labute approximate surface area is 226 Å². The van der Waals surface area contributed by atoms with Crippen LogP contribution in [0.15, 0.2) is 92.8 Å². The van der Waals surface area contributed by atoms with Crippen molar-refractivity contribution in [3.63, 3.8) is 0 Å². The molecule has 4 rings (SSSR count). The Kier molecular flexibility index (Phi) is 8.51. The van der Waals surface area contributed by atoms with E-state index in [1.807, 2.05) is 31.2 Å². The van der Waals surface area contributed by atoms with Gasteiger partial charge in [-0.05, 0) is 66.6 Å². The van der Waals surface area contributed by atoms with Crippen LogP contribution in [0.3, 0.4) is 0 Å². The van der Waals surface area contributed by atoms with Crippen LogP contribution in [0.1, 0.15) is 29.3 Å². The monoisotopic (exact) mass is 584 g/mol. The lowest BCUT2D eigenvalue weighted by Crippen LogP contribution is -2.32. The number of anilines is 1. The van der Waals surface area contributed by atoms with Gasteiger partial charge in [-0.1, -0.05) is 64.4 Å². The standard InChI is InChI=1S/C27H22BrClN2O4S/c1-2-14-35-27(34)18-8-6-17(7-9-18)16-31-25(32)23(30-21-5-3-4-19(28)15-21)24(26(31)33)36-22-12-10-20(29)11-13-22/h3-13,15,30H,2,14,16H2,1H3. The maximum Gasteiger partial charge on any atom is 0.338 e. The number of ether oxygens (including phenoxy) is 1. The van der Waals surface area contributed by atoms with Crippen LogP contribution in [0.4, 0.5) is 5.69 Å². The maximum absolute atomic E-state index is 13.4. The number of amides is 2. The van der Waals surface area contributed by atoms with E-state index in [9.17, 15) is 14.4 Å². The largest absolute Gasteiger partial charge is 0.462 e. The molecule has 1 N–H and O–H groups in total. The molecule has 2 amide bonds. The third kappa shape index (κ3) is 6.19. The molecule has 1 heterocycles. The number of benzene rings is 3. The molecule has 0 saturated heterocycles. The van der Waals surface area contributed by atoms with Crippen molar-refractivity contribution in [2.24, 2.45) is 0 Å². The summed E-state index contributed by atoms with van der Waals surface area (Å²) in [6.45, 7) is 2.34. The maximum atomic E-state index is 13.4. The number of imide groups is 1. The second-order valence-electron chi connectivity index (χ2n) is 7.92. The molecule has 6 nitrogen and oxygen atoms in total. The molecule has 0 unspecified atom stereocenters. The summed E-state index contributed by atoms with van der Waals surface area (Å²) in [5.74, 6) is -1.23. The van der Waals surface area contributed by atoms with E-state index in [1.165, 1.54) is 16.7 Å². The van der Waals surface area contributed by atoms with Crippen molar-refractivity contribution >= 4 is 62.8 Å². The first-order valence-electron chi connectivity index (χ1n) is 11.2. The Morgan fingerprint density at radius 3 is 2.42 bits per heavy atom. The van der Waals surface area contributed by atoms with Crippen molar-refractivity contribution in [2.45, 2.75) is 24.8 Å². The molecule has 0 atom stereocenters. The highest BCUT2D eigenvalue weighted by Crippen LogP contribution is 2.37. The Balaban J connectivity index is 1.58. The predicted molar refractivity (Wildman–Crippen MR) is 145 cm³/mol. The normalized spacial score (nSPS) is 13.4. The minimum Gasteiger partial charge on any atom is -0.462 e. The highest BCUT2D eigenvalue weighted by atomic mass is 79.9. The number of rotatable bonds is 9. The molecule has 3 aromatic carbocycles. The van der Waals surface area contributed by atoms with E-state index in [-0.39, 0.29) is 12.2 Å². The number of nitrogens with zero attached hydrogens (tertiary/aromatic N) is 1. The summed E-state index contributed by atoms with van der Waals surface area (Å²) >= 11 is 10.6. The van der Waals surface area contributed by atoms with Gasteiger partial charge in [-0.2, -0.15) is 0 Å². The van der Waals surface area contributed by atoms with E-state index < -0.39 is 17.8 Å². The molecular weight excluding hydrogens is 564 g/mol. The molecule has 0 aliphatic carbocycles. The molecule has 3 aromatic rings. The lowest BCUT2D eigenvalue weighted by Gasteiger charge is -2.15. The Morgan fingerprint density at radius 1 is 1.03 bits per heavy atom. The molecular formula is C27H22BrClN2O4S. The second-order valence-corrected chi connectivity index (χ2v) is 10.4. The first-order valence-corrected chi connectivity index (χ1v) is 13.2. The number of hydrogen-bond acceptors (Lipinski definition) is 6. The number of thioether (sulfide) groups is 1. The van der Waals surface area contributed by atoms with E-state index in [0.29, 0.717) is 33.3 Å². The third-order valence-corrected chi connectivity index (χ3v) is 7.06. The van der Waals surface area contributed by atoms with E-state index >= 15 is 0 Å². The van der Waals surface area contributed by atoms with Crippen molar-refractivity contribution in [3.8, 4) is 0 Å². The molecule has 184 valence electrons. The Bertz CT molecular complexity index is 1330. The van der Waals surface area contributed by atoms with E-state index in [4.69, 9.17) is 16.3 Å². The average Bonchev–Trinajstić information content (AvgIpc) is 3.08.